The Balaban J connectivity index is 2.15. The maximum Gasteiger partial charge on any atom is 0.328 e. The molecule has 1 saturated heterocycles. The van der Waals surface area contributed by atoms with E-state index in [4.69, 9.17) is 5.11 Å². The van der Waals surface area contributed by atoms with Gasteiger partial charge in [0.25, 0.3) is 0 Å². The zero-order valence-electron chi connectivity index (χ0n) is 12.3. The van der Waals surface area contributed by atoms with Gasteiger partial charge in [-0.3, -0.25) is 0 Å². The van der Waals surface area contributed by atoms with Gasteiger partial charge in [-0.25, -0.2) is 4.79 Å². The summed E-state index contributed by atoms with van der Waals surface area (Å²) < 4.78 is 0. The van der Waals surface area contributed by atoms with Gasteiger partial charge >= 0.3 is 5.97 Å². The van der Waals surface area contributed by atoms with Crippen LogP contribution in [0, 0.1) is 6.92 Å². The highest BCUT2D eigenvalue weighted by Crippen LogP contribution is 2.24. The van der Waals surface area contributed by atoms with E-state index in [1.54, 1.807) is 6.08 Å². The molecule has 2 rings (SSSR count). The van der Waals surface area contributed by atoms with Gasteiger partial charge in [-0.2, -0.15) is 0 Å². The summed E-state index contributed by atoms with van der Waals surface area (Å²) in [5.74, 6) is -0.917. The molecule has 0 bridgehead atoms. The highest BCUT2D eigenvalue weighted by molar-refractivity contribution is 5.85. The van der Waals surface area contributed by atoms with Crippen molar-refractivity contribution in [3.05, 3.63) is 35.4 Å². The van der Waals surface area contributed by atoms with Crippen molar-refractivity contribution in [2.75, 3.05) is 31.6 Å². The van der Waals surface area contributed by atoms with Crippen LogP contribution in [0.5, 0.6) is 0 Å². The van der Waals surface area contributed by atoms with Crippen LogP contribution in [0.15, 0.2) is 24.3 Å². The van der Waals surface area contributed by atoms with Crippen LogP contribution in [0.25, 0.3) is 6.08 Å². The van der Waals surface area contributed by atoms with E-state index in [9.17, 15) is 4.79 Å². The lowest BCUT2D eigenvalue weighted by molar-refractivity contribution is -0.131. The minimum Gasteiger partial charge on any atom is -0.478 e. The van der Waals surface area contributed by atoms with Crippen LogP contribution in [0.2, 0.25) is 0 Å². The molecule has 1 fully saturated rings. The molecule has 0 aromatic heterocycles. The molecule has 0 saturated carbocycles. The van der Waals surface area contributed by atoms with Gasteiger partial charge in [-0.15, -0.1) is 0 Å². The summed E-state index contributed by atoms with van der Waals surface area (Å²) in [6.07, 6.45) is 2.80. The predicted octanol–water partition coefficient (Wildman–Crippen LogP) is 2.23. The second kappa shape index (κ2) is 6.09. The average Bonchev–Trinajstić information content (AvgIpc) is 2.40. The smallest absolute Gasteiger partial charge is 0.328 e. The van der Waals surface area contributed by atoms with Crippen LogP contribution in [-0.2, 0) is 4.79 Å². The Labute approximate surface area is 120 Å². The number of benzene rings is 1. The van der Waals surface area contributed by atoms with E-state index in [-0.39, 0.29) is 0 Å². The first-order valence-electron chi connectivity index (χ1n) is 6.94. The molecule has 1 atom stereocenters. The van der Waals surface area contributed by atoms with E-state index in [1.165, 1.54) is 17.3 Å². The fourth-order valence-electron chi connectivity index (χ4n) is 2.57. The van der Waals surface area contributed by atoms with Crippen LogP contribution < -0.4 is 4.90 Å². The van der Waals surface area contributed by atoms with Gasteiger partial charge < -0.3 is 14.9 Å². The third kappa shape index (κ3) is 3.39. The van der Waals surface area contributed by atoms with E-state index < -0.39 is 5.97 Å². The Kier molecular flexibility index (Phi) is 4.45. The molecule has 108 valence electrons. The Hall–Kier alpha value is -1.81. The fraction of sp³-hybridized carbons (Fsp3) is 0.438. The number of carbonyl (C=O) groups is 1. The quantitative estimate of drug-likeness (QED) is 0.859. The zero-order chi connectivity index (χ0) is 14.7. The van der Waals surface area contributed by atoms with Gasteiger partial charge in [0.2, 0.25) is 0 Å². The molecule has 20 heavy (non-hydrogen) atoms. The third-order valence-corrected chi connectivity index (χ3v) is 3.94. The second-order valence-electron chi connectivity index (χ2n) is 5.49. The Bertz CT molecular complexity index is 525. The minimum atomic E-state index is -0.917. The summed E-state index contributed by atoms with van der Waals surface area (Å²) in [6.45, 7) is 7.46. The lowest BCUT2D eigenvalue weighted by atomic mass is 10.1. The largest absolute Gasteiger partial charge is 0.478 e. The molecule has 0 spiro atoms. The highest BCUT2D eigenvalue weighted by atomic mass is 16.4. The number of aryl methyl sites for hydroxylation is 1. The molecular weight excluding hydrogens is 252 g/mol. The standard InChI is InChI=1S/C16H22N2O2/c1-12-10-14(5-7-16(19)20)4-6-15(12)18-9-8-17(3)13(2)11-18/h4-7,10,13H,8-9,11H2,1-3H3,(H,19,20). The van der Waals surface area contributed by atoms with Gasteiger partial charge in [0.05, 0.1) is 0 Å². The Morgan fingerprint density at radius 2 is 2.15 bits per heavy atom. The number of carboxylic acids is 1. The molecule has 1 aromatic carbocycles. The molecule has 0 radical (unpaired) electrons. The number of nitrogens with zero attached hydrogens (tertiary/aromatic N) is 2. The summed E-state index contributed by atoms with van der Waals surface area (Å²) >= 11 is 0. The van der Waals surface area contributed by atoms with Crippen molar-refractivity contribution in [3.63, 3.8) is 0 Å². The van der Waals surface area contributed by atoms with Crippen LogP contribution >= 0.6 is 0 Å². The van der Waals surface area contributed by atoms with Crippen molar-refractivity contribution in [2.45, 2.75) is 19.9 Å². The summed E-state index contributed by atoms with van der Waals surface area (Å²) in [5.41, 5.74) is 3.36. The number of piperazine rings is 1. The van der Waals surface area contributed by atoms with Crippen molar-refractivity contribution in [3.8, 4) is 0 Å². The Morgan fingerprint density at radius 3 is 2.75 bits per heavy atom. The number of hydrogen-bond donors (Lipinski definition) is 1. The molecule has 0 amide bonds. The highest BCUT2D eigenvalue weighted by Gasteiger charge is 2.21. The number of aliphatic carboxylic acids is 1. The van der Waals surface area contributed by atoms with E-state index in [2.05, 4.69) is 36.8 Å². The number of rotatable bonds is 3. The molecule has 4 heteroatoms. The maximum absolute atomic E-state index is 10.5. The van der Waals surface area contributed by atoms with Gasteiger partial charge in [0.1, 0.15) is 0 Å². The topological polar surface area (TPSA) is 43.8 Å². The maximum atomic E-state index is 10.5. The number of likely N-dealkylation sites (N-methyl/N-ethyl adjacent to an activating group) is 1. The SMILES string of the molecule is Cc1cc(C=CC(=O)O)ccc1N1CCN(C)C(C)C1. The molecule has 1 unspecified atom stereocenters. The summed E-state index contributed by atoms with van der Waals surface area (Å²) in [5, 5.41) is 8.66. The van der Waals surface area contributed by atoms with E-state index in [0.29, 0.717) is 6.04 Å². The van der Waals surface area contributed by atoms with Gasteiger partial charge in [-0.1, -0.05) is 6.07 Å². The van der Waals surface area contributed by atoms with Crippen LogP contribution in [0.3, 0.4) is 0 Å². The Morgan fingerprint density at radius 1 is 1.40 bits per heavy atom. The minimum absolute atomic E-state index is 0.551. The van der Waals surface area contributed by atoms with Crippen LogP contribution in [0.4, 0.5) is 5.69 Å². The van der Waals surface area contributed by atoms with Crippen molar-refractivity contribution < 1.29 is 9.90 Å². The van der Waals surface area contributed by atoms with Gasteiger partial charge in [0.15, 0.2) is 0 Å². The average molecular weight is 274 g/mol. The number of anilines is 1. The first-order valence-corrected chi connectivity index (χ1v) is 6.94. The first-order chi connectivity index (χ1) is 9.47. The molecule has 1 N–H and O–H groups in total. The first kappa shape index (κ1) is 14.6. The summed E-state index contributed by atoms with van der Waals surface area (Å²) in [7, 11) is 2.16. The van der Waals surface area contributed by atoms with Crippen LogP contribution in [-0.4, -0.2) is 48.7 Å². The summed E-state index contributed by atoms with van der Waals surface area (Å²) in [4.78, 5) is 15.3. The van der Waals surface area contributed by atoms with Crippen molar-refractivity contribution in [1.29, 1.82) is 0 Å². The van der Waals surface area contributed by atoms with Crippen molar-refractivity contribution in [1.82, 2.24) is 4.90 Å². The normalized spacial score (nSPS) is 20.6. The van der Waals surface area contributed by atoms with E-state index >= 15 is 0 Å². The van der Waals surface area contributed by atoms with Crippen LogP contribution in [0.1, 0.15) is 18.1 Å². The van der Waals surface area contributed by atoms with E-state index in [1.807, 2.05) is 12.1 Å². The van der Waals surface area contributed by atoms with Gasteiger partial charge in [-0.05, 0) is 50.2 Å². The lowest BCUT2D eigenvalue weighted by Crippen LogP contribution is -2.50. The van der Waals surface area contributed by atoms with E-state index in [0.717, 1.165) is 25.2 Å². The fourth-order valence-corrected chi connectivity index (χ4v) is 2.57. The van der Waals surface area contributed by atoms with Gasteiger partial charge in [0, 0.05) is 37.4 Å². The molecule has 4 nitrogen and oxygen atoms in total. The molecular formula is C16H22N2O2. The molecule has 1 heterocycles. The lowest BCUT2D eigenvalue weighted by Gasteiger charge is -2.39. The van der Waals surface area contributed by atoms with Crippen molar-refractivity contribution >= 4 is 17.7 Å². The second-order valence-corrected chi connectivity index (χ2v) is 5.49. The number of carboxylic acid groups (broad SMARTS) is 1. The third-order valence-electron chi connectivity index (χ3n) is 3.94. The molecule has 1 aromatic rings. The molecule has 1 aliphatic rings. The zero-order valence-corrected chi connectivity index (χ0v) is 12.3. The van der Waals surface area contributed by atoms with Crippen molar-refractivity contribution in [2.24, 2.45) is 0 Å². The summed E-state index contributed by atoms with van der Waals surface area (Å²) in [6, 6.07) is 6.66. The monoisotopic (exact) mass is 274 g/mol. The number of hydrogen-bond acceptors (Lipinski definition) is 3. The predicted molar refractivity (Wildman–Crippen MR) is 82.2 cm³/mol. The molecule has 0 aliphatic carbocycles. The molecule has 1 aliphatic heterocycles.